The second-order valence-corrected chi connectivity index (χ2v) is 12.8. The van der Waals surface area contributed by atoms with Gasteiger partial charge in [-0.3, -0.25) is 0 Å². The highest BCUT2D eigenvalue weighted by Crippen LogP contribution is 2.41. The van der Waals surface area contributed by atoms with Crippen molar-refractivity contribution in [3.8, 4) is 11.5 Å². The first-order valence-corrected chi connectivity index (χ1v) is 16.7. The molecule has 4 rings (SSSR count). The average Bonchev–Trinajstić information content (AvgIpc) is 3.90. The van der Waals surface area contributed by atoms with Crippen molar-refractivity contribution in [2.45, 2.75) is 136 Å². The van der Waals surface area contributed by atoms with Crippen LogP contribution in [0, 0.1) is 0 Å². The third kappa shape index (κ3) is 8.97. The molecule has 0 spiro atoms. The SMILES string of the molecule is CCCCc1cc(C(C)(C)c2cc(CCCC)c(OCC3CO3)c(CCCC)c2)cc(CCCC)c1OCC1CO1. The second kappa shape index (κ2) is 15.4. The van der Waals surface area contributed by atoms with Gasteiger partial charge in [-0.2, -0.15) is 0 Å². The molecular formula is C37H56O4. The average molecular weight is 565 g/mol. The minimum atomic E-state index is -0.139. The number of epoxide rings is 2. The highest BCUT2D eigenvalue weighted by atomic mass is 16.6. The van der Waals surface area contributed by atoms with Crippen LogP contribution in [0.3, 0.4) is 0 Å². The Hall–Kier alpha value is -2.04. The van der Waals surface area contributed by atoms with E-state index in [9.17, 15) is 0 Å². The van der Waals surface area contributed by atoms with Crippen LogP contribution in [0.4, 0.5) is 0 Å². The Morgan fingerprint density at radius 1 is 0.585 bits per heavy atom. The molecule has 2 fully saturated rings. The Morgan fingerprint density at radius 3 is 1.12 bits per heavy atom. The fourth-order valence-corrected chi connectivity index (χ4v) is 5.66. The zero-order valence-corrected chi connectivity index (χ0v) is 26.9. The van der Waals surface area contributed by atoms with E-state index in [-0.39, 0.29) is 17.6 Å². The van der Waals surface area contributed by atoms with Gasteiger partial charge in [-0.1, -0.05) is 91.5 Å². The standard InChI is InChI=1S/C37H56O4/c1-7-11-15-27-19-31(20-28(16-12-8-2)35(27)40-25-33-23-38-33)37(5,6)32-21-29(17-13-9-3)36(41-26-34-24-39-34)30(22-32)18-14-10-4/h19-22,33-34H,7-18,23-26H2,1-6H3. The number of aryl methyl sites for hydroxylation is 4. The van der Waals surface area contributed by atoms with Gasteiger partial charge in [-0.15, -0.1) is 0 Å². The van der Waals surface area contributed by atoms with Gasteiger partial charge in [-0.05, 0) is 84.7 Å². The lowest BCUT2D eigenvalue weighted by molar-refractivity contribution is 0.258. The van der Waals surface area contributed by atoms with Crippen LogP contribution in [-0.2, 0) is 40.6 Å². The predicted molar refractivity (Wildman–Crippen MR) is 170 cm³/mol. The zero-order chi connectivity index (χ0) is 29.2. The molecule has 2 aromatic rings. The number of benzene rings is 2. The van der Waals surface area contributed by atoms with Crippen LogP contribution >= 0.6 is 0 Å². The number of unbranched alkanes of at least 4 members (excludes halogenated alkanes) is 4. The van der Waals surface area contributed by atoms with E-state index in [2.05, 4.69) is 65.8 Å². The molecule has 2 atom stereocenters. The van der Waals surface area contributed by atoms with Crippen LogP contribution in [0.15, 0.2) is 24.3 Å². The van der Waals surface area contributed by atoms with Gasteiger partial charge < -0.3 is 18.9 Å². The van der Waals surface area contributed by atoms with Crippen molar-refractivity contribution < 1.29 is 18.9 Å². The summed E-state index contributed by atoms with van der Waals surface area (Å²) in [6, 6.07) is 9.84. The molecule has 2 aliphatic heterocycles. The van der Waals surface area contributed by atoms with Crippen molar-refractivity contribution in [2.75, 3.05) is 26.4 Å². The van der Waals surface area contributed by atoms with Crippen LogP contribution in [0.25, 0.3) is 0 Å². The quantitative estimate of drug-likeness (QED) is 0.151. The molecule has 0 bridgehead atoms. The van der Waals surface area contributed by atoms with Crippen LogP contribution in [-0.4, -0.2) is 38.6 Å². The molecule has 2 saturated heterocycles. The van der Waals surface area contributed by atoms with Gasteiger partial charge in [0.1, 0.15) is 36.9 Å². The molecule has 228 valence electrons. The second-order valence-electron chi connectivity index (χ2n) is 12.8. The van der Waals surface area contributed by atoms with E-state index in [0.29, 0.717) is 13.2 Å². The van der Waals surface area contributed by atoms with E-state index in [1.54, 1.807) is 0 Å². The first-order valence-electron chi connectivity index (χ1n) is 16.7. The molecule has 2 aliphatic rings. The zero-order valence-electron chi connectivity index (χ0n) is 26.9. The van der Waals surface area contributed by atoms with Crippen LogP contribution in [0.5, 0.6) is 11.5 Å². The van der Waals surface area contributed by atoms with Gasteiger partial charge in [0.05, 0.1) is 13.2 Å². The number of hydrogen-bond acceptors (Lipinski definition) is 4. The van der Waals surface area contributed by atoms with Gasteiger partial charge in [0.25, 0.3) is 0 Å². The molecular weight excluding hydrogens is 508 g/mol. The fourth-order valence-electron chi connectivity index (χ4n) is 5.66. The summed E-state index contributed by atoms with van der Waals surface area (Å²) in [4.78, 5) is 0. The Kier molecular flexibility index (Phi) is 12.0. The van der Waals surface area contributed by atoms with Crippen molar-refractivity contribution in [1.82, 2.24) is 0 Å². The molecule has 0 N–H and O–H groups in total. The Balaban J connectivity index is 1.76. The summed E-state index contributed by atoms with van der Waals surface area (Å²) in [6.45, 7) is 16.9. The minimum Gasteiger partial charge on any atom is -0.490 e. The molecule has 41 heavy (non-hydrogen) atoms. The maximum atomic E-state index is 6.50. The third-order valence-corrected chi connectivity index (χ3v) is 8.76. The van der Waals surface area contributed by atoms with Crippen LogP contribution < -0.4 is 9.47 Å². The summed E-state index contributed by atoms with van der Waals surface area (Å²) in [6.07, 6.45) is 14.2. The summed E-state index contributed by atoms with van der Waals surface area (Å²) < 4.78 is 24.0. The van der Waals surface area contributed by atoms with Crippen molar-refractivity contribution in [2.24, 2.45) is 0 Å². The van der Waals surface area contributed by atoms with Crippen molar-refractivity contribution in [1.29, 1.82) is 0 Å². The molecule has 0 radical (unpaired) electrons. The van der Waals surface area contributed by atoms with Gasteiger partial charge in [0.2, 0.25) is 0 Å². The lowest BCUT2D eigenvalue weighted by Crippen LogP contribution is -2.22. The van der Waals surface area contributed by atoms with Crippen LogP contribution in [0.2, 0.25) is 0 Å². The van der Waals surface area contributed by atoms with Crippen molar-refractivity contribution in [3.63, 3.8) is 0 Å². The predicted octanol–water partition coefficient (Wildman–Crippen LogP) is 8.94. The smallest absolute Gasteiger partial charge is 0.125 e. The minimum absolute atomic E-state index is 0.139. The number of ether oxygens (including phenoxy) is 4. The molecule has 4 nitrogen and oxygen atoms in total. The van der Waals surface area contributed by atoms with E-state index in [1.807, 2.05) is 0 Å². The van der Waals surface area contributed by atoms with E-state index in [0.717, 1.165) is 50.4 Å². The van der Waals surface area contributed by atoms with Gasteiger partial charge in [0, 0.05) is 5.41 Å². The van der Waals surface area contributed by atoms with E-state index in [4.69, 9.17) is 18.9 Å². The number of rotatable bonds is 20. The third-order valence-electron chi connectivity index (χ3n) is 8.76. The molecule has 0 aromatic heterocycles. The van der Waals surface area contributed by atoms with E-state index in [1.165, 1.54) is 84.7 Å². The molecule has 2 heterocycles. The Labute approximate surface area is 250 Å². The van der Waals surface area contributed by atoms with Crippen molar-refractivity contribution >= 4 is 0 Å². The fraction of sp³-hybridized carbons (Fsp3) is 0.676. The van der Waals surface area contributed by atoms with Crippen molar-refractivity contribution in [3.05, 3.63) is 57.6 Å². The number of hydrogen-bond donors (Lipinski definition) is 0. The maximum absolute atomic E-state index is 6.50. The first kappa shape index (κ1) is 31.9. The molecule has 0 amide bonds. The monoisotopic (exact) mass is 564 g/mol. The van der Waals surface area contributed by atoms with Crippen LogP contribution in [0.1, 0.15) is 126 Å². The Bertz CT molecular complexity index is 953. The van der Waals surface area contributed by atoms with Gasteiger partial charge in [0.15, 0.2) is 0 Å². The highest BCUT2D eigenvalue weighted by Gasteiger charge is 2.30. The molecule has 0 aliphatic carbocycles. The van der Waals surface area contributed by atoms with Gasteiger partial charge >= 0.3 is 0 Å². The summed E-state index contributed by atoms with van der Waals surface area (Å²) in [7, 11) is 0. The first-order chi connectivity index (χ1) is 19.9. The summed E-state index contributed by atoms with van der Waals surface area (Å²) in [5.74, 6) is 2.25. The summed E-state index contributed by atoms with van der Waals surface area (Å²) in [5.41, 5.74) is 8.12. The molecule has 4 heteroatoms. The summed E-state index contributed by atoms with van der Waals surface area (Å²) >= 11 is 0. The molecule has 0 saturated carbocycles. The summed E-state index contributed by atoms with van der Waals surface area (Å²) in [5, 5.41) is 0. The largest absolute Gasteiger partial charge is 0.490 e. The topological polar surface area (TPSA) is 43.5 Å². The molecule has 2 aromatic carbocycles. The maximum Gasteiger partial charge on any atom is 0.125 e. The highest BCUT2D eigenvalue weighted by molar-refractivity contribution is 5.53. The lowest BCUT2D eigenvalue weighted by Gasteiger charge is -2.31. The van der Waals surface area contributed by atoms with E-state index < -0.39 is 0 Å². The normalized spacial score (nSPS) is 18.0. The molecule has 2 unspecified atom stereocenters. The Morgan fingerprint density at radius 2 is 0.878 bits per heavy atom. The lowest BCUT2D eigenvalue weighted by atomic mass is 9.75. The van der Waals surface area contributed by atoms with E-state index >= 15 is 0 Å². The van der Waals surface area contributed by atoms with Gasteiger partial charge in [-0.25, -0.2) is 0 Å².